The molecule has 1 N–H and O–H groups in total. The van der Waals surface area contributed by atoms with Crippen LogP contribution < -0.4 is 5.32 Å². The zero-order chi connectivity index (χ0) is 19.8. The van der Waals surface area contributed by atoms with Crippen LogP contribution >= 0.6 is 0 Å². The molecule has 1 aromatic heterocycles. The molecule has 1 aliphatic carbocycles. The van der Waals surface area contributed by atoms with Gasteiger partial charge in [0.05, 0.1) is 17.9 Å². The van der Waals surface area contributed by atoms with Gasteiger partial charge in [0.2, 0.25) is 5.91 Å². The third-order valence-electron chi connectivity index (χ3n) is 4.87. The van der Waals surface area contributed by atoms with E-state index >= 15 is 0 Å². The lowest BCUT2D eigenvalue weighted by Crippen LogP contribution is -2.26. The van der Waals surface area contributed by atoms with Crippen molar-refractivity contribution in [3.63, 3.8) is 0 Å². The van der Waals surface area contributed by atoms with Gasteiger partial charge in [0.25, 0.3) is 0 Å². The topological polar surface area (TPSA) is 64.4 Å². The van der Waals surface area contributed by atoms with Gasteiger partial charge in [-0.15, -0.1) is 0 Å². The summed E-state index contributed by atoms with van der Waals surface area (Å²) in [7, 11) is 0. The summed E-state index contributed by atoms with van der Waals surface area (Å²) in [6.07, 6.45) is 9.19. The molecule has 152 valence electrons. The summed E-state index contributed by atoms with van der Waals surface area (Å²) < 4.78 is 38.1. The van der Waals surface area contributed by atoms with Crippen LogP contribution in [0.1, 0.15) is 50.8 Å². The van der Waals surface area contributed by atoms with E-state index in [0.29, 0.717) is 31.6 Å². The Morgan fingerprint density at radius 3 is 2.86 bits per heavy atom. The van der Waals surface area contributed by atoms with Gasteiger partial charge in [0.15, 0.2) is 11.7 Å². The van der Waals surface area contributed by atoms with E-state index in [1.54, 1.807) is 0 Å². The van der Waals surface area contributed by atoms with E-state index < -0.39 is 11.6 Å². The summed E-state index contributed by atoms with van der Waals surface area (Å²) in [6, 6.07) is 3.26. The molecular formula is C21H26F2N2O3. The van der Waals surface area contributed by atoms with Gasteiger partial charge in [0.1, 0.15) is 11.6 Å². The van der Waals surface area contributed by atoms with Crippen molar-refractivity contribution in [3.05, 3.63) is 41.9 Å². The minimum atomic E-state index is -0.712. The van der Waals surface area contributed by atoms with Gasteiger partial charge in [-0.1, -0.05) is 19.3 Å². The SMILES string of the molecule is O=C(CCc1ncc(-c2ccc(F)cc2F)o1)NCCCOC1CCCCC1. The Bertz CT molecular complexity index is 773. The highest BCUT2D eigenvalue weighted by Gasteiger charge is 2.14. The van der Waals surface area contributed by atoms with E-state index in [1.807, 2.05) is 0 Å². The predicted octanol–water partition coefficient (Wildman–Crippen LogP) is 4.41. The van der Waals surface area contributed by atoms with Crippen LogP contribution in [0, 0.1) is 11.6 Å². The standard InChI is InChI=1S/C21H26F2N2O3/c22-15-7-8-17(18(23)13-15)19-14-25-21(28-19)10-9-20(26)24-11-4-12-27-16-5-2-1-3-6-16/h7-8,13-14,16H,1-6,9-12H2,(H,24,26). The second-order valence-corrected chi connectivity index (χ2v) is 7.08. The van der Waals surface area contributed by atoms with Gasteiger partial charge < -0.3 is 14.5 Å². The summed E-state index contributed by atoms with van der Waals surface area (Å²) in [5, 5.41) is 2.85. The highest BCUT2D eigenvalue weighted by molar-refractivity contribution is 5.76. The molecule has 1 aromatic carbocycles. The van der Waals surface area contributed by atoms with Gasteiger partial charge in [-0.25, -0.2) is 13.8 Å². The number of carbonyl (C=O) groups excluding carboxylic acids is 1. The van der Waals surface area contributed by atoms with Crippen molar-refractivity contribution >= 4 is 5.91 Å². The average Bonchev–Trinajstić information content (AvgIpc) is 3.15. The molecule has 0 aliphatic heterocycles. The van der Waals surface area contributed by atoms with Crippen LogP contribution in [0.15, 0.2) is 28.8 Å². The van der Waals surface area contributed by atoms with Crippen molar-refractivity contribution in [3.8, 4) is 11.3 Å². The molecule has 2 aromatic rings. The van der Waals surface area contributed by atoms with Crippen molar-refractivity contribution in [2.24, 2.45) is 0 Å². The third kappa shape index (κ3) is 6.12. The highest BCUT2D eigenvalue weighted by Crippen LogP contribution is 2.24. The number of amides is 1. The lowest BCUT2D eigenvalue weighted by Gasteiger charge is -2.21. The van der Waals surface area contributed by atoms with E-state index in [4.69, 9.17) is 9.15 Å². The first-order chi connectivity index (χ1) is 13.6. The summed E-state index contributed by atoms with van der Waals surface area (Å²) in [6.45, 7) is 1.24. The Hall–Kier alpha value is -2.28. The first-order valence-electron chi connectivity index (χ1n) is 9.90. The van der Waals surface area contributed by atoms with Crippen molar-refractivity contribution in [1.29, 1.82) is 0 Å². The van der Waals surface area contributed by atoms with Gasteiger partial charge in [-0.05, 0) is 31.4 Å². The zero-order valence-electron chi connectivity index (χ0n) is 15.9. The van der Waals surface area contributed by atoms with Crippen molar-refractivity contribution in [2.75, 3.05) is 13.2 Å². The quantitative estimate of drug-likeness (QED) is 0.642. The van der Waals surface area contributed by atoms with Gasteiger partial charge in [-0.2, -0.15) is 0 Å². The molecule has 7 heteroatoms. The van der Waals surface area contributed by atoms with Gasteiger partial charge in [0, 0.05) is 32.1 Å². The largest absolute Gasteiger partial charge is 0.441 e. The fraction of sp³-hybridized carbons (Fsp3) is 0.524. The number of ether oxygens (including phenoxy) is 1. The minimum absolute atomic E-state index is 0.0922. The van der Waals surface area contributed by atoms with E-state index in [1.165, 1.54) is 31.5 Å². The van der Waals surface area contributed by atoms with Gasteiger partial charge >= 0.3 is 0 Å². The number of rotatable bonds is 9. The van der Waals surface area contributed by atoms with Gasteiger partial charge in [-0.3, -0.25) is 4.79 Å². The lowest BCUT2D eigenvalue weighted by molar-refractivity contribution is -0.121. The maximum Gasteiger partial charge on any atom is 0.220 e. The molecule has 1 aliphatic rings. The number of hydrogen-bond acceptors (Lipinski definition) is 4. The molecule has 28 heavy (non-hydrogen) atoms. The molecule has 0 unspecified atom stereocenters. The fourth-order valence-corrected chi connectivity index (χ4v) is 3.33. The normalized spacial score (nSPS) is 14.9. The number of hydrogen-bond donors (Lipinski definition) is 1. The fourth-order valence-electron chi connectivity index (χ4n) is 3.33. The number of halogens is 2. The number of nitrogens with one attached hydrogen (secondary N) is 1. The van der Waals surface area contributed by atoms with Crippen molar-refractivity contribution in [1.82, 2.24) is 10.3 Å². The Morgan fingerprint density at radius 1 is 1.25 bits per heavy atom. The maximum absolute atomic E-state index is 13.8. The second kappa shape index (κ2) is 10.3. The van der Waals surface area contributed by atoms with Crippen LogP contribution in [0.3, 0.4) is 0 Å². The Balaban J connectivity index is 1.34. The summed E-state index contributed by atoms with van der Waals surface area (Å²) in [5.74, 6) is -0.898. The molecule has 1 amide bonds. The van der Waals surface area contributed by atoms with Crippen LogP contribution in [0.5, 0.6) is 0 Å². The molecule has 0 bridgehead atoms. The van der Waals surface area contributed by atoms with E-state index in [0.717, 1.165) is 31.4 Å². The molecule has 1 fully saturated rings. The number of aromatic nitrogens is 1. The van der Waals surface area contributed by atoms with Crippen LogP contribution in [0.2, 0.25) is 0 Å². The summed E-state index contributed by atoms with van der Waals surface area (Å²) in [4.78, 5) is 16.0. The molecule has 0 saturated heterocycles. The molecule has 0 radical (unpaired) electrons. The first-order valence-corrected chi connectivity index (χ1v) is 9.90. The highest BCUT2D eigenvalue weighted by atomic mass is 19.1. The lowest BCUT2D eigenvalue weighted by atomic mass is 9.98. The molecule has 1 heterocycles. The first kappa shape index (κ1) is 20.5. The second-order valence-electron chi connectivity index (χ2n) is 7.08. The maximum atomic E-state index is 13.8. The summed E-state index contributed by atoms with van der Waals surface area (Å²) in [5.41, 5.74) is 0.141. The molecule has 5 nitrogen and oxygen atoms in total. The van der Waals surface area contributed by atoms with Crippen LogP contribution in [-0.2, 0) is 16.0 Å². The number of benzene rings is 1. The molecule has 0 spiro atoms. The van der Waals surface area contributed by atoms with E-state index in [9.17, 15) is 13.6 Å². The number of carbonyl (C=O) groups is 1. The minimum Gasteiger partial charge on any atom is -0.441 e. The Morgan fingerprint density at radius 2 is 2.07 bits per heavy atom. The number of nitrogens with zero attached hydrogens (tertiary/aromatic N) is 1. The van der Waals surface area contributed by atoms with E-state index in [2.05, 4.69) is 10.3 Å². The van der Waals surface area contributed by atoms with Crippen LogP contribution in [0.25, 0.3) is 11.3 Å². The third-order valence-corrected chi connectivity index (χ3v) is 4.87. The molecule has 0 atom stereocenters. The smallest absolute Gasteiger partial charge is 0.220 e. The Kier molecular flexibility index (Phi) is 7.54. The summed E-state index contributed by atoms with van der Waals surface area (Å²) >= 11 is 0. The molecule has 1 saturated carbocycles. The predicted molar refractivity (Wildman–Crippen MR) is 101 cm³/mol. The van der Waals surface area contributed by atoms with E-state index in [-0.39, 0.29) is 23.7 Å². The van der Waals surface area contributed by atoms with Crippen LogP contribution in [0.4, 0.5) is 8.78 Å². The molecule has 3 rings (SSSR count). The van der Waals surface area contributed by atoms with Crippen molar-refractivity contribution in [2.45, 2.75) is 57.5 Å². The average molecular weight is 392 g/mol. The monoisotopic (exact) mass is 392 g/mol. The number of oxazole rings is 1. The number of aryl methyl sites for hydroxylation is 1. The molecular weight excluding hydrogens is 366 g/mol. The van der Waals surface area contributed by atoms with Crippen molar-refractivity contribution < 1.29 is 22.7 Å². The van der Waals surface area contributed by atoms with Crippen LogP contribution in [-0.4, -0.2) is 30.1 Å². The zero-order valence-corrected chi connectivity index (χ0v) is 15.9. The Labute approximate surface area is 163 Å².